The lowest BCUT2D eigenvalue weighted by molar-refractivity contribution is -0.138. The number of anilines is 2. The number of aliphatic carboxylic acids is 2. The predicted molar refractivity (Wildman–Crippen MR) is 121 cm³/mol. The highest BCUT2D eigenvalue weighted by atomic mass is 16.4. The third-order valence-corrected chi connectivity index (χ3v) is 5.33. The van der Waals surface area contributed by atoms with Gasteiger partial charge in [0.25, 0.3) is 5.91 Å². The maximum atomic E-state index is 13.3. The Morgan fingerprint density at radius 3 is 2.41 bits per heavy atom. The molecule has 2 aromatic carbocycles. The number of carbonyl (C=O) groups excluding carboxylic acids is 3. The minimum absolute atomic E-state index is 0.0594. The number of carboxylic acid groups (broad SMARTS) is 2. The van der Waals surface area contributed by atoms with Gasteiger partial charge in [-0.1, -0.05) is 30.3 Å². The van der Waals surface area contributed by atoms with Crippen molar-refractivity contribution in [3.63, 3.8) is 0 Å². The zero-order valence-electron chi connectivity index (χ0n) is 18.1. The second-order valence-electron chi connectivity index (χ2n) is 7.80. The third-order valence-electron chi connectivity index (χ3n) is 5.33. The molecular formula is C23H24N4O7. The van der Waals surface area contributed by atoms with Gasteiger partial charge in [-0.05, 0) is 30.2 Å². The molecule has 2 aromatic rings. The summed E-state index contributed by atoms with van der Waals surface area (Å²) in [5, 5.41) is 23.5. The minimum Gasteiger partial charge on any atom is -0.481 e. The molecule has 6 N–H and O–H groups in total. The van der Waals surface area contributed by atoms with E-state index in [9.17, 15) is 29.1 Å². The lowest BCUT2D eigenvalue weighted by atomic mass is 10.0. The summed E-state index contributed by atoms with van der Waals surface area (Å²) in [6, 6.07) is 10.7. The number of carboxylic acids is 2. The summed E-state index contributed by atoms with van der Waals surface area (Å²) in [6.45, 7) is -0.590. The lowest BCUT2D eigenvalue weighted by Crippen LogP contribution is -2.50. The molecule has 0 aromatic heterocycles. The molecule has 1 unspecified atom stereocenters. The molecule has 34 heavy (non-hydrogen) atoms. The van der Waals surface area contributed by atoms with Crippen LogP contribution in [0.4, 0.5) is 11.4 Å². The van der Waals surface area contributed by atoms with Crippen LogP contribution >= 0.6 is 0 Å². The Morgan fingerprint density at radius 2 is 1.76 bits per heavy atom. The number of nitrogen functional groups attached to an aromatic ring is 1. The molecule has 0 bridgehead atoms. The van der Waals surface area contributed by atoms with Gasteiger partial charge in [-0.3, -0.25) is 24.0 Å². The summed E-state index contributed by atoms with van der Waals surface area (Å²) in [5.41, 5.74) is 6.86. The number of nitrogens with two attached hydrogens (primary N) is 1. The van der Waals surface area contributed by atoms with Crippen molar-refractivity contribution < 1.29 is 34.2 Å². The molecule has 0 aliphatic carbocycles. The molecule has 0 fully saturated rings. The van der Waals surface area contributed by atoms with Gasteiger partial charge in [0.05, 0.1) is 23.7 Å². The second-order valence-corrected chi connectivity index (χ2v) is 7.80. The number of rotatable bonds is 9. The van der Waals surface area contributed by atoms with Crippen molar-refractivity contribution in [3.05, 3.63) is 59.7 Å². The standard InChI is InChI=1S/C23H24N4O7/c24-14-6-7-16-15(10-14)23(34)27(18(22(33)26-16)8-9-20(29)30)12-19(28)25-17(11-21(31)32)13-4-2-1-3-5-13/h1-7,10,17-18H,8-9,11-12,24H2,(H,25,28)(H,26,33)(H,29,30)(H,31,32)/t17?,18-/m0/s1. The quantitative estimate of drug-likeness (QED) is 0.341. The van der Waals surface area contributed by atoms with Crippen LogP contribution in [0.3, 0.4) is 0 Å². The van der Waals surface area contributed by atoms with Crippen LogP contribution in [0.2, 0.25) is 0 Å². The highest BCUT2D eigenvalue weighted by Gasteiger charge is 2.37. The number of benzene rings is 2. The second kappa shape index (κ2) is 10.5. The van der Waals surface area contributed by atoms with Crippen LogP contribution in [0, 0.1) is 0 Å². The molecule has 2 atom stereocenters. The van der Waals surface area contributed by atoms with E-state index in [2.05, 4.69) is 10.6 Å². The number of nitrogens with zero attached hydrogens (tertiary/aromatic N) is 1. The number of amides is 3. The monoisotopic (exact) mass is 468 g/mol. The fourth-order valence-electron chi connectivity index (χ4n) is 3.74. The van der Waals surface area contributed by atoms with Crippen molar-refractivity contribution >= 4 is 41.0 Å². The van der Waals surface area contributed by atoms with Crippen LogP contribution in [0.1, 0.15) is 41.2 Å². The Labute approximate surface area is 194 Å². The van der Waals surface area contributed by atoms with Gasteiger partial charge in [0.1, 0.15) is 12.6 Å². The summed E-state index contributed by atoms with van der Waals surface area (Å²) in [5.74, 6) is -4.33. The third kappa shape index (κ3) is 5.88. The largest absolute Gasteiger partial charge is 0.481 e. The van der Waals surface area contributed by atoms with Gasteiger partial charge >= 0.3 is 11.9 Å². The maximum absolute atomic E-state index is 13.3. The molecule has 1 heterocycles. The van der Waals surface area contributed by atoms with Crippen molar-refractivity contribution in [2.24, 2.45) is 0 Å². The van der Waals surface area contributed by atoms with E-state index in [1.165, 1.54) is 18.2 Å². The van der Waals surface area contributed by atoms with E-state index in [-0.39, 0.29) is 23.4 Å². The molecule has 11 heteroatoms. The van der Waals surface area contributed by atoms with Crippen molar-refractivity contribution in [3.8, 4) is 0 Å². The van der Waals surface area contributed by atoms with Crippen LogP contribution in [-0.4, -0.2) is 57.4 Å². The highest BCUT2D eigenvalue weighted by Crippen LogP contribution is 2.27. The zero-order chi connectivity index (χ0) is 24.8. The summed E-state index contributed by atoms with van der Waals surface area (Å²) in [6.07, 6.45) is -1.03. The van der Waals surface area contributed by atoms with Crippen molar-refractivity contribution in [1.29, 1.82) is 0 Å². The first-order valence-corrected chi connectivity index (χ1v) is 10.4. The first kappa shape index (κ1) is 24.2. The Bertz CT molecular complexity index is 1120. The summed E-state index contributed by atoms with van der Waals surface area (Å²) >= 11 is 0. The molecule has 1 aliphatic heterocycles. The Hall–Kier alpha value is -4.41. The smallest absolute Gasteiger partial charge is 0.305 e. The first-order chi connectivity index (χ1) is 16.2. The van der Waals surface area contributed by atoms with Crippen molar-refractivity contribution in [1.82, 2.24) is 10.2 Å². The van der Waals surface area contributed by atoms with Gasteiger partial charge in [-0.2, -0.15) is 0 Å². The fraction of sp³-hybridized carbons (Fsp3) is 0.261. The van der Waals surface area contributed by atoms with Gasteiger partial charge in [0.15, 0.2) is 0 Å². The highest BCUT2D eigenvalue weighted by molar-refractivity contribution is 6.11. The fourth-order valence-corrected chi connectivity index (χ4v) is 3.74. The van der Waals surface area contributed by atoms with Gasteiger partial charge in [-0.15, -0.1) is 0 Å². The van der Waals surface area contributed by atoms with Crippen molar-refractivity contribution in [2.45, 2.75) is 31.3 Å². The first-order valence-electron chi connectivity index (χ1n) is 10.4. The van der Waals surface area contributed by atoms with Gasteiger partial charge in [-0.25, -0.2) is 0 Å². The van der Waals surface area contributed by atoms with E-state index in [0.717, 1.165) is 4.90 Å². The molecule has 0 saturated heterocycles. The van der Waals surface area contributed by atoms with E-state index in [0.29, 0.717) is 5.56 Å². The number of nitrogens with one attached hydrogen (secondary N) is 2. The van der Waals surface area contributed by atoms with Crippen LogP contribution < -0.4 is 16.4 Å². The Balaban J connectivity index is 1.89. The molecule has 3 amide bonds. The average molecular weight is 468 g/mol. The number of hydrogen-bond acceptors (Lipinski definition) is 6. The lowest BCUT2D eigenvalue weighted by Gasteiger charge is -2.28. The van der Waals surface area contributed by atoms with Crippen LogP contribution in [0.15, 0.2) is 48.5 Å². The molecule has 0 saturated carbocycles. The molecule has 0 spiro atoms. The van der Waals surface area contributed by atoms with Gasteiger partial charge in [0.2, 0.25) is 11.8 Å². The number of fused-ring (bicyclic) bond motifs is 1. The molecule has 11 nitrogen and oxygen atoms in total. The van der Waals surface area contributed by atoms with Gasteiger partial charge < -0.3 is 31.5 Å². The normalized spacial score (nSPS) is 16.1. The Morgan fingerprint density at radius 1 is 1.06 bits per heavy atom. The van der Waals surface area contributed by atoms with E-state index >= 15 is 0 Å². The molecule has 3 rings (SSSR count). The predicted octanol–water partition coefficient (Wildman–Crippen LogP) is 1.23. The molecule has 1 aliphatic rings. The topological polar surface area (TPSA) is 179 Å². The summed E-state index contributed by atoms with van der Waals surface area (Å²) < 4.78 is 0. The van der Waals surface area contributed by atoms with E-state index < -0.39 is 61.1 Å². The minimum atomic E-state index is -1.24. The van der Waals surface area contributed by atoms with E-state index in [1.807, 2.05) is 0 Å². The maximum Gasteiger partial charge on any atom is 0.305 e. The number of hydrogen-bond donors (Lipinski definition) is 5. The van der Waals surface area contributed by atoms with E-state index in [4.69, 9.17) is 10.8 Å². The van der Waals surface area contributed by atoms with Crippen molar-refractivity contribution in [2.75, 3.05) is 17.6 Å². The molecular weight excluding hydrogens is 444 g/mol. The average Bonchev–Trinajstić information content (AvgIpc) is 2.87. The van der Waals surface area contributed by atoms with Gasteiger partial charge in [0, 0.05) is 12.1 Å². The number of carbonyl (C=O) groups is 5. The molecule has 0 radical (unpaired) electrons. The zero-order valence-corrected chi connectivity index (χ0v) is 18.1. The Kier molecular flexibility index (Phi) is 7.46. The summed E-state index contributed by atoms with van der Waals surface area (Å²) in [7, 11) is 0. The molecule has 178 valence electrons. The summed E-state index contributed by atoms with van der Waals surface area (Å²) in [4.78, 5) is 62.6. The van der Waals surface area contributed by atoms with Crippen LogP contribution in [0.25, 0.3) is 0 Å². The van der Waals surface area contributed by atoms with E-state index in [1.54, 1.807) is 30.3 Å². The van der Waals surface area contributed by atoms with Crippen LogP contribution in [-0.2, 0) is 19.2 Å². The van der Waals surface area contributed by atoms with Crippen LogP contribution in [0.5, 0.6) is 0 Å². The SMILES string of the molecule is Nc1ccc2c(c1)C(=O)N(CC(=O)NC(CC(=O)O)c1ccccc1)[C@@H](CCC(=O)O)C(=O)N2.